The van der Waals surface area contributed by atoms with Crippen molar-refractivity contribution in [3.63, 3.8) is 0 Å². The number of carbonyl (C=O) groups excluding carboxylic acids is 1. The number of thioether (sulfide) groups is 1. The van der Waals surface area contributed by atoms with Crippen LogP contribution < -0.4 is 9.47 Å². The van der Waals surface area contributed by atoms with Gasteiger partial charge in [-0.1, -0.05) is 74.4 Å². The minimum absolute atomic E-state index is 0.106. The highest BCUT2D eigenvalue weighted by molar-refractivity contribution is 8.18. The summed E-state index contributed by atoms with van der Waals surface area (Å²) in [4.78, 5) is 21.7. The molecule has 1 aliphatic heterocycles. The van der Waals surface area contributed by atoms with Gasteiger partial charge in [0.15, 0.2) is 16.7 Å². The van der Waals surface area contributed by atoms with Crippen LogP contribution in [0, 0.1) is 6.92 Å². The van der Waals surface area contributed by atoms with Gasteiger partial charge in [0.2, 0.25) is 0 Å². The Morgan fingerprint density at radius 1 is 0.921 bits per heavy atom. The largest absolute Gasteiger partial charge is 0.490 e. The van der Waals surface area contributed by atoms with Crippen molar-refractivity contribution < 1.29 is 14.3 Å². The van der Waals surface area contributed by atoms with E-state index in [0.29, 0.717) is 30.8 Å². The summed E-state index contributed by atoms with van der Waals surface area (Å²) < 4.78 is 12.0. The molecule has 0 N–H and O–H groups in total. The van der Waals surface area contributed by atoms with Crippen LogP contribution in [-0.4, -0.2) is 34.7 Å². The predicted octanol–water partition coefficient (Wildman–Crippen LogP) is 7.91. The maximum absolute atomic E-state index is 13.7. The Morgan fingerprint density at radius 2 is 1.63 bits per heavy atom. The zero-order valence-corrected chi connectivity index (χ0v) is 23.6. The molecular weight excluding hydrogens is 492 g/mol. The lowest BCUT2D eigenvalue weighted by Gasteiger charge is -2.31. The molecule has 1 saturated heterocycles. The molecule has 0 bridgehead atoms. The lowest BCUT2D eigenvalue weighted by molar-refractivity contribution is -0.124. The fraction of sp³-hybridized carbons (Fsp3) is 0.500. The Bertz CT molecular complexity index is 1160. The van der Waals surface area contributed by atoms with Crippen LogP contribution >= 0.6 is 11.8 Å². The van der Waals surface area contributed by atoms with Gasteiger partial charge in [0.25, 0.3) is 5.91 Å². The Hall–Kier alpha value is -2.73. The van der Waals surface area contributed by atoms with E-state index in [1.165, 1.54) is 44.1 Å². The first-order valence-electron chi connectivity index (χ1n) is 14.4. The molecule has 3 fully saturated rings. The Balaban J connectivity index is 1.37. The monoisotopic (exact) mass is 532 g/mol. The standard InChI is InChI=1S/C32H40N2O3S/c1-3-36-29-20-25(18-19-28(29)37-22-24-16-14-23(2)15-17-24)21-30-31(35)34(27-12-8-5-9-13-27)32(38-30)33-26-10-6-4-7-11-26/h14-21,26-27H,3-13,22H2,1-2H3. The van der Waals surface area contributed by atoms with E-state index in [1.807, 2.05) is 36.1 Å². The van der Waals surface area contributed by atoms with Gasteiger partial charge in [0, 0.05) is 6.04 Å². The minimum atomic E-state index is 0.106. The van der Waals surface area contributed by atoms with Crippen molar-refractivity contribution in [1.29, 1.82) is 0 Å². The molecule has 0 aromatic heterocycles. The minimum Gasteiger partial charge on any atom is -0.490 e. The zero-order chi connectivity index (χ0) is 26.3. The molecule has 0 atom stereocenters. The number of hydrogen-bond donors (Lipinski definition) is 0. The van der Waals surface area contributed by atoms with Gasteiger partial charge in [0.05, 0.1) is 17.6 Å². The molecule has 202 valence electrons. The number of carbonyl (C=O) groups is 1. The molecule has 2 aromatic carbocycles. The van der Waals surface area contributed by atoms with Crippen LogP contribution in [-0.2, 0) is 11.4 Å². The first kappa shape index (κ1) is 26.9. The third kappa shape index (κ3) is 6.63. The van der Waals surface area contributed by atoms with Gasteiger partial charge in [-0.05, 0) is 80.6 Å². The van der Waals surface area contributed by atoms with E-state index in [1.54, 1.807) is 11.8 Å². The number of nitrogens with zero attached hydrogens (tertiary/aromatic N) is 2. The summed E-state index contributed by atoms with van der Waals surface area (Å²) in [5.74, 6) is 1.52. The van der Waals surface area contributed by atoms with Crippen LogP contribution in [0.3, 0.4) is 0 Å². The second-order valence-corrected chi connectivity index (χ2v) is 11.7. The summed E-state index contributed by atoms with van der Waals surface area (Å²) in [5, 5.41) is 0.920. The molecule has 5 nitrogen and oxygen atoms in total. The number of aliphatic imine (C=N–C) groups is 1. The summed E-state index contributed by atoms with van der Waals surface area (Å²) >= 11 is 1.56. The second kappa shape index (κ2) is 12.9. The van der Waals surface area contributed by atoms with Gasteiger partial charge in [0.1, 0.15) is 6.61 Å². The van der Waals surface area contributed by atoms with Crippen LogP contribution in [0.25, 0.3) is 6.08 Å². The van der Waals surface area contributed by atoms with E-state index < -0.39 is 0 Å². The number of benzene rings is 2. The lowest BCUT2D eigenvalue weighted by atomic mass is 9.94. The van der Waals surface area contributed by atoms with Gasteiger partial charge >= 0.3 is 0 Å². The van der Waals surface area contributed by atoms with Crippen LogP contribution in [0.5, 0.6) is 11.5 Å². The maximum atomic E-state index is 13.7. The van der Waals surface area contributed by atoms with Crippen molar-refractivity contribution in [3.8, 4) is 11.5 Å². The third-order valence-electron chi connectivity index (χ3n) is 7.72. The van der Waals surface area contributed by atoms with E-state index in [9.17, 15) is 4.79 Å². The van der Waals surface area contributed by atoms with Gasteiger partial charge in [-0.3, -0.25) is 14.7 Å². The van der Waals surface area contributed by atoms with Gasteiger partial charge in [-0.2, -0.15) is 0 Å². The Kier molecular flexibility index (Phi) is 9.10. The summed E-state index contributed by atoms with van der Waals surface area (Å²) in [6, 6.07) is 14.9. The molecule has 2 saturated carbocycles. The summed E-state index contributed by atoms with van der Waals surface area (Å²) in [7, 11) is 0. The van der Waals surface area contributed by atoms with E-state index in [4.69, 9.17) is 14.5 Å². The topological polar surface area (TPSA) is 51.1 Å². The summed E-state index contributed by atoms with van der Waals surface area (Å²) in [5.41, 5.74) is 3.29. The van der Waals surface area contributed by atoms with Crippen molar-refractivity contribution in [1.82, 2.24) is 4.90 Å². The fourth-order valence-corrected chi connectivity index (χ4v) is 6.71. The van der Waals surface area contributed by atoms with Crippen LogP contribution in [0.4, 0.5) is 0 Å². The van der Waals surface area contributed by atoms with Crippen LogP contribution in [0.15, 0.2) is 52.4 Å². The molecule has 0 spiro atoms. The van der Waals surface area contributed by atoms with Crippen molar-refractivity contribution in [2.75, 3.05) is 6.61 Å². The molecule has 38 heavy (non-hydrogen) atoms. The molecule has 3 aliphatic rings. The smallest absolute Gasteiger partial charge is 0.266 e. The van der Waals surface area contributed by atoms with Crippen LogP contribution in [0.1, 0.15) is 87.8 Å². The van der Waals surface area contributed by atoms with Gasteiger partial charge in [-0.15, -0.1) is 0 Å². The Morgan fingerprint density at radius 3 is 2.34 bits per heavy atom. The first-order valence-corrected chi connectivity index (χ1v) is 15.2. The normalized spacial score (nSPS) is 21.4. The van der Waals surface area contributed by atoms with E-state index >= 15 is 0 Å². The zero-order valence-electron chi connectivity index (χ0n) is 22.8. The van der Waals surface area contributed by atoms with Gasteiger partial charge < -0.3 is 9.47 Å². The van der Waals surface area contributed by atoms with Gasteiger partial charge in [-0.25, -0.2) is 0 Å². The summed E-state index contributed by atoms with van der Waals surface area (Å²) in [6.45, 7) is 5.08. The third-order valence-corrected chi connectivity index (χ3v) is 8.72. The number of amides is 1. The molecule has 5 rings (SSSR count). The molecule has 0 radical (unpaired) electrons. The van der Waals surface area contributed by atoms with Crippen molar-refractivity contribution in [2.45, 2.75) is 96.7 Å². The van der Waals surface area contributed by atoms with E-state index in [-0.39, 0.29) is 11.9 Å². The van der Waals surface area contributed by atoms with Crippen molar-refractivity contribution >= 4 is 28.9 Å². The highest BCUT2D eigenvalue weighted by Crippen LogP contribution is 2.39. The van der Waals surface area contributed by atoms with E-state index in [2.05, 4.69) is 31.2 Å². The predicted molar refractivity (Wildman–Crippen MR) is 157 cm³/mol. The molecule has 2 aromatic rings. The second-order valence-electron chi connectivity index (χ2n) is 10.7. The number of ether oxygens (including phenoxy) is 2. The quantitative estimate of drug-likeness (QED) is 0.324. The average molecular weight is 533 g/mol. The lowest BCUT2D eigenvalue weighted by Crippen LogP contribution is -2.41. The number of rotatable bonds is 8. The highest BCUT2D eigenvalue weighted by Gasteiger charge is 2.39. The molecule has 1 amide bonds. The van der Waals surface area contributed by atoms with Crippen molar-refractivity contribution in [2.24, 2.45) is 4.99 Å². The summed E-state index contributed by atoms with van der Waals surface area (Å²) in [6.07, 6.45) is 13.9. The molecular formula is C32H40N2O3S. The van der Waals surface area contributed by atoms with Crippen molar-refractivity contribution in [3.05, 3.63) is 64.1 Å². The molecule has 1 heterocycles. The number of hydrogen-bond acceptors (Lipinski definition) is 5. The van der Waals surface area contributed by atoms with Crippen LogP contribution in [0.2, 0.25) is 0 Å². The molecule has 6 heteroatoms. The first-order chi connectivity index (χ1) is 18.6. The molecule has 0 unspecified atom stereocenters. The SMILES string of the molecule is CCOc1cc(C=C2SC(=NC3CCCCC3)N(C3CCCCC3)C2=O)ccc1OCc1ccc(C)cc1. The highest BCUT2D eigenvalue weighted by atomic mass is 32.2. The average Bonchev–Trinajstić information content (AvgIpc) is 3.24. The number of aryl methyl sites for hydroxylation is 1. The van der Waals surface area contributed by atoms with E-state index in [0.717, 1.165) is 46.9 Å². The molecule has 2 aliphatic carbocycles. The number of amidine groups is 1. The Labute approximate surface area is 231 Å². The fourth-order valence-electron chi connectivity index (χ4n) is 5.60. The maximum Gasteiger partial charge on any atom is 0.266 e.